The average molecular weight is 561 g/mol. The monoisotopic (exact) mass is 560 g/mol. The molecule has 232 valence electrons. The Morgan fingerprint density at radius 1 is 0.750 bits per heavy atom. The molecule has 0 unspecified atom stereocenters. The highest BCUT2D eigenvalue weighted by atomic mass is 16.5. The van der Waals surface area contributed by atoms with E-state index in [4.69, 9.17) is 4.74 Å². The van der Waals surface area contributed by atoms with Crippen LogP contribution in [0.2, 0.25) is 0 Å². The quantitative estimate of drug-likeness (QED) is 0.131. The molecule has 0 spiro atoms. The predicted octanol–water partition coefficient (Wildman–Crippen LogP) is 7.78. The molecule has 0 aliphatic carbocycles. The second kappa shape index (κ2) is 13.4. The summed E-state index contributed by atoms with van der Waals surface area (Å²) >= 11 is 0. The molecule has 2 aliphatic heterocycles. The minimum atomic E-state index is -1.01. The van der Waals surface area contributed by atoms with Crippen molar-refractivity contribution in [3.8, 4) is 0 Å². The van der Waals surface area contributed by atoms with Crippen molar-refractivity contribution in [1.82, 2.24) is 9.80 Å². The minimum absolute atomic E-state index is 0.0347. The number of carbonyl (C=O) groups is 2. The summed E-state index contributed by atoms with van der Waals surface area (Å²) < 4.78 is 6.43. The van der Waals surface area contributed by atoms with E-state index in [1.165, 1.54) is 0 Å². The summed E-state index contributed by atoms with van der Waals surface area (Å²) in [5, 5.41) is 0. The molecule has 0 amide bonds. The fourth-order valence-corrected chi connectivity index (χ4v) is 8.00. The summed E-state index contributed by atoms with van der Waals surface area (Å²) in [6, 6.07) is 0. The molecule has 0 atom stereocenters. The number of hydrogen-bond acceptors (Lipinski definition) is 5. The van der Waals surface area contributed by atoms with Crippen molar-refractivity contribution in [3.05, 3.63) is 12.2 Å². The summed E-state index contributed by atoms with van der Waals surface area (Å²) in [7, 11) is 0. The highest BCUT2D eigenvalue weighted by molar-refractivity contribution is 6.02. The standard InChI is InChI=1S/C35H64N2O3/c1-13-15-19-35(28(4)38,20-16-14-2)30(39)40-29-33(9,10)25-37(26-34(29,11)12)22-18-17-21-36-23-31(5,6)27(3)32(7,8)24-36/h17-18,27,29H,13-16,19-26H2,1-12H3/b18-17+. The average Bonchev–Trinajstić information content (AvgIpc) is 2.81. The number of carbonyl (C=O) groups excluding carboxylic acids is 2. The lowest BCUT2D eigenvalue weighted by Crippen LogP contribution is -2.60. The van der Waals surface area contributed by atoms with Crippen LogP contribution in [0.1, 0.15) is 122 Å². The van der Waals surface area contributed by atoms with Crippen LogP contribution in [0.5, 0.6) is 0 Å². The van der Waals surface area contributed by atoms with E-state index in [-0.39, 0.29) is 28.7 Å². The van der Waals surface area contributed by atoms with E-state index < -0.39 is 5.41 Å². The van der Waals surface area contributed by atoms with Crippen molar-refractivity contribution in [2.24, 2.45) is 33.0 Å². The molecule has 2 aliphatic rings. The number of ether oxygens (including phenoxy) is 1. The van der Waals surface area contributed by atoms with Crippen molar-refractivity contribution in [3.63, 3.8) is 0 Å². The highest BCUT2D eigenvalue weighted by Crippen LogP contribution is 2.46. The maximum absolute atomic E-state index is 13.8. The third-order valence-electron chi connectivity index (χ3n) is 10.4. The Kier molecular flexibility index (Phi) is 11.7. The Labute approximate surface area is 247 Å². The molecule has 5 nitrogen and oxygen atoms in total. The van der Waals surface area contributed by atoms with Gasteiger partial charge in [-0.15, -0.1) is 0 Å². The Balaban J connectivity index is 2.09. The maximum atomic E-state index is 13.8. The summed E-state index contributed by atoms with van der Waals surface area (Å²) in [6.45, 7) is 32.6. The number of unbranched alkanes of at least 4 members (excludes halogenated alkanes) is 2. The molecule has 0 saturated carbocycles. The zero-order valence-corrected chi connectivity index (χ0v) is 28.4. The number of hydrogen-bond donors (Lipinski definition) is 0. The van der Waals surface area contributed by atoms with E-state index in [1.54, 1.807) is 6.92 Å². The largest absolute Gasteiger partial charge is 0.460 e. The van der Waals surface area contributed by atoms with Crippen LogP contribution in [0.15, 0.2) is 12.2 Å². The fraction of sp³-hybridized carbons (Fsp3) is 0.886. The van der Waals surface area contributed by atoms with E-state index >= 15 is 0 Å². The topological polar surface area (TPSA) is 49.9 Å². The molecule has 0 bridgehead atoms. The van der Waals surface area contributed by atoms with Gasteiger partial charge in [0.15, 0.2) is 0 Å². The zero-order chi connectivity index (χ0) is 30.6. The Hall–Kier alpha value is -1.20. The van der Waals surface area contributed by atoms with Gasteiger partial charge in [0.25, 0.3) is 0 Å². The SMILES string of the molecule is CCCCC(CCCC)(C(C)=O)C(=O)OC1C(C)(C)CN(C/C=C/CN2CC(C)(C)C(C)C(C)(C)C2)CC1(C)C. The van der Waals surface area contributed by atoms with Gasteiger partial charge < -0.3 is 4.74 Å². The van der Waals surface area contributed by atoms with Gasteiger partial charge in [0.2, 0.25) is 0 Å². The van der Waals surface area contributed by atoms with Crippen LogP contribution in [0, 0.1) is 33.0 Å². The molecule has 0 aromatic heterocycles. The number of nitrogens with zero attached hydrogens (tertiary/aromatic N) is 2. The van der Waals surface area contributed by atoms with E-state index in [1.807, 2.05) is 0 Å². The van der Waals surface area contributed by atoms with Gasteiger partial charge in [0.05, 0.1) is 0 Å². The maximum Gasteiger partial charge on any atom is 0.319 e. The molecule has 0 aromatic rings. The van der Waals surface area contributed by atoms with Crippen LogP contribution in [-0.4, -0.2) is 66.9 Å². The van der Waals surface area contributed by atoms with Crippen molar-refractivity contribution >= 4 is 11.8 Å². The lowest BCUT2D eigenvalue weighted by atomic mass is 9.62. The Morgan fingerprint density at radius 3 is 1.48 bits per heavy atom. The van der Waals surface area contributed by atoms with Crippen molar-refractivity contribution in [2.45, 2.75) is 128 Å². The smallest absolute Gasteiger partial charge is 0.319 e. The van der Waals surface area contributed by atoms with Gasteiger partial charge in [0.1, 0.15) is 17.3 Å². The highest BCUT2D eigenvalue weighted by Gasteiger charge is 2.52. The normalized spacial score (nSPS) is 23.9. The zero-order valence-electron chi connectivity index (χ0n) is 28.4. The van der Waals surface area contributed by atoms with E-state index in [0.717, 1.165) is 65.0 Å². The van der Waals surface area contributed by atoms with Gasteiger partial charge in [-0.05, 0) is 36.5 Å². The molecule has 0 aromatic carbocycles. The molecule has 40 heavy (non-hydrogen) atoms. The van der Waals surface area contributed by atoms with Crippen LogP contribution in [0.25, 0.3) is 0 Å². The van der Waals surface area contributed by atoms with Crippen molar-refractivity contribution in [2.75, 3.05) is 39.3 Å². The van der Waals surface area contributed by atoms with Crippen LogP contribution in [-0.2, 0) is 14.3 Å². The van der Waals surface area contributed by atoms with Gasteiger partial charge in [-0.1, -0.05) is 114 Å². The molecule has 2 saturated heterocycles. The molecular weight excluding hydrogens is 496 g/mol. The lowest BCUT2D eigenvalue weighted by molar-refractivity contribution is -0.190. The van der Waals surface area contributed by atoms with Crippen LogP contribution in [0.3, 0.4) is 0 Å². The first-order valence-electron chi connectivity index (χ1n) is 16.2. The summed E-state index contributed by atoms with van der Waals surface area (Å²) in [5.41, 5.74) is -0.819. The number of esters is 1. The van der Waals surface area contributed by atoms with Crippen molar-refractivity contribution in [1.29, 1.82) is 0 Å². The molecule has 2 rings (SSSR count). The Morgan fingerprint density at radius 2 is 1.12 bits per heavy atom. The third-order valence-corrected chi connectivity index (χ3v) is 10.4. The van der Waals surface area contributed by atoms with E-state index in [9.17, 15) is 9.59 Å². The number of likely N-dealkylation sites (tertiary alicyclic amines) is 2. The summed E-state index contributed by atoms with van der Waals surface area (Å²) in [5.74, 6) is 0.370. The molecule has 5 heteroatoms. The second-order valence-corrected chi connectivity index (χ2v) is 16.1. The van der Waals surface area contributed by atoms with Gasteiger partial charge in [-0.3, -0.25) is 19.4 Å². The first-order chi connectivity index (χ1) is 18.3. The first kappa shape index (κ1) is 35.0. The summed E-state index contributed by atoms with van der Waals surface area (Å²) in [4.78, 5) is 31.9. The number of piperidine rings is 2. The van der Waals surface area contributed by atoms with E-state index in [2.05, 4.69) is 98.1 Å². The first-order valence-corrected chi connectivity index (χ1v) is 16.2. The van der Waals surface area contributed by atoms with Crippen LogP contribution < -0.4 is 0 Å². The molecule has 2 fully saturated rings. The minimum Gasteiger partial charge on any atom is -0.460 e. The van der Waals surface area contributed by atoms with Crippen LogP contribution in [0.4, 0.5) is 0 Å². The third kappa shape index (κ3) is 8.21. The predicted molar refractivity (Wildman–Crippen MR) is 168 cm³/mol. The number of ketones is 1. The molecule has 0 radical (unpaired) electrons. The van der Waals surface area contributed by atoms with Gasteiger partial charge in [-0.2, -0.15) is 0 Å². The van der Waals surface area contributed by atoms with Gasteiger partial charge in [-0.25, -0.2) is 0 Å². The fourth-order valence-electron chi connectivity index (χ4n) is 8.00. The van der Waals surface area contributed by atoms with Crippen LogP contribution >= 0.6 is 0 Å². The van der Waals surface area contributed by atoms with Gasteiger partial charge in [0, 0.05) is 50.1 Å². The molecule has 0 N–H and O–H groups in total. The summed E-state index contributed by atoms with van der Waals surface area (Å²) in [6.07, 6.45) is 9.26. The second-order valence-electron chi connectivity index (χ2n) is 16.1. The molecular formula is C35H64N2O3. The Bertz CT molecular complexity index is 841. The van der Waals surface area contributed by atoms with E-state index in [0.29, 0.717) is 29.6 Å². The number of rotatable bonds is 13. The molecule has 2 heterocycles. The van der Waals surface area contributed by atoms with Gasteiger partial charge >= 0.3 is 5.97 Å². The lowest BCUT2D eigenvalue weighted by Gasteiger charge is -2.53. The number of Topliss-reactive ketones (excluding diaryl/α,β-unsaturated/α-hetero) is 1. The van der Waals surface area contributed by atoms with Crippen molar-refractivity contribution < 1.29 is 14.3 Å².